The average molecular weight is 465 g/mol. The number of carbonyl (C=O) groups excluding carboxylic acids is 1. The molecular formula is C19H17F6N3O2S. The van der Waals surface area contributed by atoms with Crippen molar-refractivity contribution in [2.45, 2.75) is 17.4 Å². The topological polar surface area (TPSA) is 54.5 Å². The van der Waals surface area contributed by atoms with Crippen molar-refractivity contribution in [3.63, 3.8) is 0 Å². The molecule has 1 amide bonds. The normalized spacial score (nSPS) is 15.1. The molecule has 12 heteroatoms. The number of alkyl halides is 6. The summed E-state index contributed by atoms with van der Waals surface area (Å²) in [6, 6.07) is 5.08. The Bertz CT molecular complexity index is 912. The lowest BCUT2D eigenvalue weighted by Gasteiger charge is -2.31. The molecule has 0 radical (unpaired) electrons. The maximum absolute atomic E-state index is 13.1. The zero-order valence-electron chi connectivity index (χ0n) is 15.9. The number of nitrogens with zero attached hydrogens (tertiary/aromatic N) is 2. The lowest BCUT2D eigenvalue weighted by Crippen LogP contribution is -2.37. The minimum Gasteiger partial charge on any atom is -0.378 e. The van der Waals surface area contributed by atoms with Crippen LogP contribution in [0.1, 0.15) is 11.1 Å². The van der Waals surface area contributed by atoms with Crippen molar-refractivity contribution in [2.75, 3.05) is 42.3 Å². The van der Waals surface area contributed by atoms with Crippen LogP contribution < -0.4 is 10.2 Å². The number of morpholine rings is 1. The summed E-state index contributed by atoms with van der Waals surface area (Å²) in [5.74, 6) is -0.850. The molecule has 1 fully saturated rings. The van der Waals surface area contributed by atoms with Gasteiger partial charge in [-0.3, -0.25) is 4.79 Å². The van der Waals surface area contributed by atoms with Gasteiger partial charge >= 0.3 is 12.4 Å². The fraction of sp³-hybridized carbons (Fsp3) is 0.368. The Labute approximate surface area is 177 Å². The van der Waals surface area contributed by atoms with Crippen LogP contribution >= 0.6 is 11.8 Å². The maximum Gasteiger partial charge on any atom is 0.417 e. The SMILES string of the molecule is O=C(CSc1ccc(C(F)(F)F)cn1)Nc1cc(C(F)(F)F)ccc1N1CCOCC1. The maximum atomic E-state index is 13.1. The fourth-order valence-corrected chi connectivity index (χ4v) is 3.49. The number of halogens is 6. The van der Waals surface area contributed by atoms with Gasteiger partial charge in [0.15, 0.2) is 0 Å². The van der Waals surface area contributed by atoms with Gasteiger partial charge in [0.2, 0.25) is 5.91 Å². The lowest BCUT2D eigenvalue weighted by atomic mass is 10.1. The fourth-order valence-electron chi connectivity index (χ4n) is 2.85. The summed E-state index contributed by atoms with van der Waals surface area (Å²) >= 11 is 0.872. The summed E-state index contributed by atoms with van der Waals surface area (Å²) in [4.78, 5) is 17.8. The number of amides is 1. The van der Waals surface area contributed by atoms with Gasteiger partial charge in [-0.05, 0) is 30.3 Å². The molecule has 1 aliphatic rings. The predicted molar refractivity (Wildman–Crippen MR) is 103 cm³/mol. The highest BCUT2D eigenvalue weighted by Gasteiger charge is 2.32. The molecule has 1 aromatic carbocycles. The first-order valence-electron chi connectivity index (χ1n) is 9.04. The number of anilines is 2. The van der Waals surface area contributed by atoms with E-state index in [4.69, 9.17) is 4.74 Å². The monoisotopic (exact) mass is 465 g/mol. The number of thioether (sulfide) groups is 1. The van der Waals surface area contributed by atoms with Crippen LogP contribution in [-0.4, -0.2) is 42.9 Å². The van der Waals surface area contributed by atoms with E-state index < -0.39 is 29.4 Å². The predicted octanol–water partition coefficient (Wildman–Crippen LogP) is 4.69. The number of hydrogen-bond acceptors (Lipinski definition) is 5. The number of carbonyl (C=O) groups is 1. The van der Waals surface area contributed by atoms with Gasteiger partial charge in [-0.2, -0.15) is 26.3 Å². The Morgan fingerprint density at radius 3 is 2.26 bits per heavy atom. The van der Waals surface area contributed by atoms with Gasteiger partial charge in [0.05, 0.1) is 46.5 Å². The highest BCUT2D eigenvalue weighted by molar-refractivity contribution is 7.99. The van der Waals surface area contributed by atoms with Crippen molar-refractivity contribution in [2.24, 2.45) is 0 Å². The first-order valence-corrected chi connectivity index (χ1v) is 10.0. The second-order valence-corrected chi connectivity index (χ2v) is 7.54. The van der Waals surface area contributed by atoms with E-state index in [1.165, 1.54) is 6.07 Å². The molecule has 1 aromatic heterocycles. The van der Waals surface area contributed by atoms with Crippen LogP contribution in [0.4, 0.5) is 37.7 Å². The Balaban J connectivity index is 1.71. The highest BCUT2D eigenvalue weighted by atomic mass is 32.2. The van der Waals surface area contributed by atoms with Crippen LogP contribution in [0.3, 0.4) is 0 Å². The van der Waals surface area contributed by atoms with E-state index in [1.807, 2.05) is 4.90 Å². The van der Waals surface area contributed by atoms with Crippen molar-refractivity contribution >= 4 is 29.0 Å². The summed E-state index contributed by atoms with van der Waals surface area (Å²) in [5.41, 5.74) is -1.39. The molecule has 2 aromatic rings. The van der Waals surface area contributed by atoms with Crippen molar-refractivity contribution in [1.29, 1.82) is 0 Å². The van der Waals surface area contributed by atoms with Crippen LogP contribution in [0, 0.1) is 0 Å². The summed E-state index contributed by atoms with van der Waals surface area (Å²) in [5, 5.41) is 2.66. The van der Waals surface area contributed by atoms with E-state index in [0.29, 0.717) is 38.2 Å². The van der Waals surface area contributed by atoms with Gasteiger partial charge in [-0.15, -0.1) is 0 Å². The number of hydrogen-bond donors (Lipinski definition) is 1. The smallest absolute Gasteiger partial charge is 0.378 e. The summed E-state index contributed by atoms with van der Waals surface area (Å²) < 4.78 is 82.4. The van der Waals surface area contributed by atoms with E-state index in [2.05, 4.69) is 10.3 Å². The number of ether oxygens (including phenoxy) is 1. The van der Waals surface area contributed by atoms with Gasteiger partial charge in [-0.25, -0.2) is 4.98 Å². The van der Waals surface area contributed by atoms with Crippen LogP contribution in [0.25, 0.3) is 0 Å². The highest BCUT2D eigenvalue weighted by Crippen LogP contribution is 2.36. The summed E-state index contributed by atoms with van der Waals surface area (Å²) in [6.07, 6.45) is -8.45. The van der Waals surface area contributed by atoms with Crippen molar-refractivity contribution in [1.82, 2.24) is 4.98 Å². The zero-order chi connectivity index (χ0) is 22.6. The van der Waals surface area contributed by atoms with Crippen LogP contribution in [0.15, 0.2) is 41.6 Å². The summed E-state index contributed by atoms with van der Waals surface area (Å²) in [6.45, 7) is 1.73. The van der Waals surface area contributed by atoms with Gasteiger partial charge in [0, 0.05) is 19.3 Å². The quantitative estimate of drug-likeness (QED) is 0.513. The Hall–Kier alpha value is -2.47. The second-order valence-electron chi connectivity index (χ2n) is 6.55. The average Bonchev–Trinajstić information content (AvgIpc) is 2.72. The molecule has 31 heavy (non-hydrogen) atoms. The van der Waals surface area contributed by atoms with Gasteiger partial charge in [-0.1, -0.05) is 11.8 Å². The van der Waals surface area contributed by atoms with E-state index >= 15 is 0 Å². The van der Waals surface area contributed by atoms with Crippen LogP contribution in [0.5, 0.6) is 0 Å². The van der Waals surface area contributed by atoms with E-state index in [-0.39, 0.29) is 16.5 Å². The summed E-state index contributed by atoms with van der Waals surface area (Å²) in [7, 11) is 0. The molecule has 3 rings (SSSR count). The third kappa shape index (κ3) is 6.26. The molecule has 0 bridgehead atoms. The molecule has 1 saturated heterocycles. The molecular weight excluding hydrogens is 448 g/mol. The molecule has 168 valence electrons. The molecule has 1 aliphatic heterocycles. The number of nitrogens with one attached hydrogen (secondary N) is 1. The minimum absolute atomic E-state index is 0.00250. The van der Waals surface area contributed by atoms with Crippen molar-refractivity contribution in [3.8, 4) is 0 Å². The van der Waals surface area contributed by atoms with Crippen LogP contribution in [-0.2, 0) is 21.9 Å². The molecule has 5 nitrogen and oxygen atoms in total. The first kappa shape index (κ1) is 23.2. The van der Waals surface area contributed by atoms with Gasteiger partial charge in [0.25, 0.3) is 0 Å². The molecule has 1 N–H and O–H groups in total. The second kappa shape index (κ2) is 9.35. The van der Waals surface area contributed by atoms with Crippen molar-refractivity contribution < 1.29 is 35.9 Å². The zero-order valence-corrected chi connectivity index (χ0v) is 16.7. The lowest BCUT2D eigenvalue weighted by molar-refractivity contribution is -0.138. The van der Waals surface area contributed by atoms with E-state index in [1.54, 1.807) is 0 Å². The number of aromatic nitrogens is 1. The van der Waals surface area contributed by atoms with Gasteiger partial charge in [0.1, 0.15) is 0 Å². The third-order valence-corrected chi connectivity index (χ3v) is 5.31. The number of rotatable bonds is 5. The first-order chi connectivity index (χ1) is 14.5. The molecule has 0 saturated carbocycles. The van der Waals surface area contributed by atoms with E-state index in [9.17, 15) is 31.1 Å². The molecule has 0 atom stereocenters. The Kier molecular flexibility index (Phi) is 6.99. The molecule has 0 unspecified atom stereocenters. The third-order valence-electron chi connectivity index (χ3n) is 4.36. The van der Waals surface area contributed by atoms with Gasteiger partial charge < -0.3 is 15.0 Å². The Morgan fingerprint density at radius 1 is 1.03 bits per heavy atom. The Morgan fingerprint density at radius 2 is 1.68 bits per heavy atom. The number of pyridine rings is 1. The molecule has 0 aliphatic carbocycles. The standard InChI is InChI=1S/C19H17F6N3O2S/c20-18(21,22)12-1-3-15(28-5-7-30-8-6-28)14(9-12)27-16(29)11-31-17-4-2-13(10-26-17)19(23,24)25/h1-4,9-10H,5-8,11H2,(H,27,29). The largest absolute Gasteiger partial charge is 0.417 e. The molecule has 2 heterocycles. The van der Waals surface area contributed by atoms with E-state index in [0.717, 1.165) is 36.0 Å². The molecule has 0 spiro atoms. The van der Waals surface area contributed by atoms with Crippen LogP contribution in [0.2, 0.25) is 0 Å². The minimum atomic E-state index is -4.58. The number of benzene rings is 1. The van der Waals surface area contributed by atoms with Crippen molar-refractivity contribution in [3.05, 3.63) is 47.7 Å².